The fraction of sp³-hybridized carbons (Fsp3) is 0.385. The number of rotatable bonds is 3. The minimum absolute atomic E-state index is 0.0938. The zero-order valence-corrected chi connectivity index (χ0v) is 8.93. The summed E-state index contributed by atoms with van der Waals surface area (Å²) in [7, 11) is 0. The Kier molecular flexibility index (Phi) is 3.04. The summed E-state index contributed by atoms with van der Waals surface area (Å²) in [5.74, 6) is -1.57. The van der Waals surface area contributed by atoms with Crippen molar-refractivity contribution in [3.05, 3.63) is 35.9 Å². The molecule has 0 heterocycles. The molecule has 2 rings (SSSR count). The molecule has 3 nitrogen and oxygen atoms in total. The van der Waals surface area contributed by atoms with Gasteiger partial charge in [0.1, 0.15) is 5.78 Å². The van der Waals surface area contributed by atoms with Gasteiger partial charge in [-0.15, -0.1) is 0 Å². The smallest absolute Gasteiger partial charge is 0.307 e. The fourth-order valence-electron chi connectivity index (χ4n) is 2.33. The summed E-state index contributed by atoms with van der Waals surface area (Å²) in [4.78, 5) is 22.6. The molecule has 0 spiro atoms. The molecule has 1 N–H and O–H groups in total. The average Bonchev–Trinajstić information content (AvgIpc) is 2.62. The van der Waals surface area contributed by atoms with Crippen LogP contribution in [0.25, 0.3) is 0 Å². The van der Waals surface area contributed by atoms with Gasteiger partial charge < -0.3 is 5.11 Å². The Morgan fingerprint density at radius 1 is 1.31 bits per heavy atom. The SMILES string of the molecule is O=C(O)C1CCC(=O)C1Cc1ccccc1. The van der Waals surface area contributed by atoms with Crippen molar-refractivity contribution in [2.24, 2.45) is 11.8 Å². The lowest BCUT2D eigenvalue weighted by Crippen LogP contribution is -2.24. The van der Waals surface area contributed by atoms with Crippen molar-refractivity contribution in [2.45, 2.75) is 19.3 Å². The maximum atomic E-state index is 11.6. The van der Waals surface area contributed by atoms with Gasteiger partial charge in [0.2, 0.25) is 0 Å². The van der Waals surface area contributed by atoms with E-state index < -0.39 is 11.9 Å². The van der Waals surface area contributed by atoms with Crippen LogP contribution in [0, 0.1) is 11.8 Å². The predicted molar refractivity (Wildman–Crippen MR) is 59.0 cm³/mol. The summed E-state index contributed by atoms with van der Waals surface area (Å²) in [5, 5.41) is 9.03. The highest BCUT2D eigenvalue weighted by Gasteiger charge is 2.38. The van der Waals surface area contributed by atoms with Crippen LogP contribution in [-0.2, 0) is 16.0 Å². The van der Waals surface area contributed by atoms with Crippen molar-refractivity contribution < 1.29 is 14.7 Å². The van der Waals surface area contributed by atoms with Crippen molar-refractivity contribution in [1.82, 2.24) is 0 Å². The number of carboxylic acids is 1. The molecule has 1 aliphatic carbocycles. The second-order valence-corrected chi connectivity index (χ2v) is 4.25. The average molecular weight is 218 g/mol. The molecule has 2 unspecified atom stereocenters. The molecule has 1 aromatic rings. The molecule has 1 aromatic carbocycles. The topological polar surface area (TPSA) is 54.4 Å². The van der Waals surface area contributed by atoms with E-state index in [1.807, 2.05) is 30.3 Å². The third-order valence-electron chi connectivity index (χ3n) is 3.22. The molecular weight excluding hydrogens is 204 g/mol. The maximum Gasteiger partial charge on any atom is 0.307 e. The van der Waals surface area contributed by atoms with Gasteiger partial charge >= 0.3 is 5.97 Å². The number of hydrogen-bond donors (Lipinski definition) is 1. The molecule has 16 heavy (non-hydrogen) atoms. The second-order valence-electron chi connectivity index (χ2n) is 4.25. The summed E-state index contributed by atoms with van der Waals surface area (Å²) in [6.07, 6.45) is 1.46. The molecule has 1 aliphatic rings. The van der Waals surface area contributed by atoms with Crippen LogP contribution >= 0.6 is 0 Å². The number of Topliss-reactive ketones (excluding diaryl/α,β-unsaturated/α-hetero) is 1. The third-order valence-corrected chi connectivity index (χ3v) is 3.22. The van der Waals surface area contributed by atoms with Gasteiger partial charge in [-0.3, -0.25) is 9.59 Å². The van der Waals surface area contributed by atoms with E-state index in [0.29, 0.717) is 19.3 Å². The molecule has 3 heteroatoms. The molecule has 0 saturated heterocycles. The molecule has 0 radical (unpaired) electrons. The Labute approximate surface area is 94.1 Å². The van der Waals surface area contributed by atoms with E-state index in [0.717, 1.165) is 5.56 Å². The summed E-state index contributed by atoms with van der Waals surface area (Å²) in [6.45, 7) is 0. The highest BCUT2D eigenvalue weighted by atomic mass is 16.4. The van der Waals surface area contributed by atoms with Gasteiger partial charge in [-0.25, -0.2) is 0 Å². The van der Waals surface area contributed by atoms with Crippen molar-refractivity contribution >= 4 is 11.8 Å². The van der Waals surface area contributed by atoms with Crippen LogP contribution in [0.2, 0.25) is 0 Å². The Balaban J connectivity index is 2.13. The van der Waals surface area contributed by atoms with Gasteiger partial charge in [0.15, 0.2) is 0 Å². The third kappa shape index (κ3) is 2.13. The largest absolute Gasteiger partial charge is 0.481 e. The van der Waals surface area contributed by atoms with E-state index in [1.54, 1.807) is 0 Å². The molecule has 2 atom stereocenters. The molecular formula is C13H14O3. The van der Waals surface area contributed by atoms with E-state index in [4.69, 9.17) is 5.11 Å². The number of ketones is 1. The van der Waals surface area contributed by atoms with Gasteiger partial charge in [0.05, 0.1) is 5.92 Å². The monoisotopic (exact) mass is 218 g/mol. The van der Waals surface area contributed by atoms with E-state index in [1.165, 1.54) is 0 Å². The Bertz CT molecular complexity index is 397. The maximum absolute atomic E-state index is 11.6. The number of carbonyl (C=O) groups excluding carboxylic acids is 1. The summed E-state index contributed by atoms with van der Waals surface area (Å²) < 4.78 is 0. The van der Waals surface area contributed by atoms with Crippen LogP contribution < -0.4 is 0 Å². The van der Waals surface area contributed by atoms with Gasteiger partial charge in [-0.2, -0.15) is 0 Å². The zero-order chi connectivity index (χ0) is 11.5. The van der Waals surface area contributed by atoms with Crippen LogP contribution in [0.1, 0.15) is 18.4 Å². The van der Waals surface area contributed by atoms with E-state index in [-0.39, 0.29) is 11.7 Å². The first-order valence-corrected chi connectivity index (χ1v) is 5.48. The van der Waals surface area contributed by atoms with E-state index >= 15 is 0 Å². The minimum Gasteiger partial charge on any atom is -0.481 e. The number of aliphatic carboxylic acids is 1. The van der Waals surface area contributed by atoms with Gasteiger partial charge in [0.25, 0.3) is 0 Å². The molecule has 1 fully saturated rings. The zero-order valence-electron chi connectivity index (χ0n) is 8.93. The van der Waals surface area contributed by atoms with Gasteiger partial charge in [-0.05, 0) is 18.4 Å². The van der Waals surface area contributed by atoms with Crippen LogP contribution in [0.4, 0.5) is 0 Å². The second kappa shape index (κ2) is 4.47. The van der Waals surface area contributed by atoms with Crippen molar-refractivity contribution in [3.8, 4) is 0 Å². The van der Waals surface area contributed by atoms with E-state index in [9.17, 15) is 9.59 Å². The lowest BCUT2D eigenvalue weighted by molar-refractivity contribution is -0.144. The van der Waals surface area contributed by atoms with Crippen LogP contribution in [0.15, 0.2) is 30.3 Å². The van der Waals surface area contributed by atoms with Gasteiger partial charge in [0, 0.05) is 12.3 Å². The quantitative estimate of drug-likeness (QED) is 0.843. The standard InChI is InChI=1S/C13H14O3/c14-12-7-6-10(13(15)16)11(12)8-9-4-2-1-3-5-9/h1-5,10-11H,6-8H2,(H,15,16). The van der Waals surface area contributed by atoms with Crippen LogP contribution in [-0.4, -0.2) is 16.9 Å². The number of hydrogen-bond acceptors (Lipinski definition) is 2. The van der Waals surface area contributed by atoms with Crippen LogP contribution in [0.3, 0.4) is 0 Å². The number of carboxylic acid groups (broad SMARTS) is 1. The number of carbonyl (C=O) groups is 2. The Morgan fingerprint density at radius 3 is 2.62 bits per heavy atom. The molecule has 0 aliphatic heterocycles. The first-order valence-electron chi connectivity index (χ1n) is 5.48. The first kappa shape index (κ1) is 10.9. The van der Waals surface area contributed by atoms with Crippen molar-refractivity contribution in [1.29, 1.82) is 0 Å². The molecule has 0 bridgehead atoms. The van der Waals surface area contributed by atoms with Gasteiger partial charge in [-0.1, -0.05) is 30.3 Å². The lowest BCUT2D eigenvalue weighted by atomic mass is 9.89. The summed E-state index contributed by atoms with van der Waals surface area (Å²) >= 11 is 0. The van der Waals surface area contributed by atoms with Crippen molar-refractivity contribution in [2.75, 3.05) is 0 Å². The van der Waals surface area contributed by atoms with E-state index in [2.05, 4.69) is 0 Å². The normalized spacial score (nSPS) is 24.6. The first-order chi connectivity index (χ1) is 7.68. The summed E-state index contributed by atoms with van der Waals surface area (Å²) in [6, 6.07) is 9.60. The molecule has 1 saturated carbocycles. The minimum atomic E-state index is -0.841. The molecule has 0 aromatic heterocycles. The molecule has 0 amide bonds. The highest BCUT2D eigenvalue weighted by molar-refractivity contribution is 5.89. The van der Waals surface area contributed by atoms with Crippen molar-refractivity contribution in [3.63, 3.8) is 0 Å². The predicted octanol–water partition coefficient (Wildman–Crippen LogP) is 1.91. The Hall–Kier alpha value is -1.64. The fourth-order valence-corrected chi connectivity index (χ4v) is 2.33. The summed E-state index contributed by atoms with van der Waals surface area (Å²) in [5.41, 5.74) is 1.04. The molecule has 84 valence electrons. The Morgan fingerprint density at radius 2 is 2.00 bits per heavy atom. The highest BCUT2D eigenvalue weighted by Crippen LogP contribution is 2.31. The van der Waals surface area contributed by atoms with Crippen LogP contribution in [0.5, 0.6) is 0 Å². The lowest BCUT2D eigenvalue weighted by Gasteiger charge is -2.14. The number of benzene rings is 1.